The van der Waals surface area contributed by atoms with E-state index in [-0.39, 0.29) is 17.8 Å². The largest absolute Gasteiger partial charge is 0.497 e. The van der Waals surface area contributed by atoms with Gasteiger partial charge in [-0.05, 0) is 69.4 Å². The first kappa shape index (κ1) is 31.7. The zero-order chi connectivity index (χ0) is 35.1. The molecule has 7 aromatic rings. The minimum absolute atomic E-state index is 0.0762. The predicted octanol–water partition coefficient (Wildman–Crippen LogP) is 11.2. The lowest BCUT2D eigenvalue weighted by Gasteiger charge is -2.53. The van der Waals surface area contributed by atoms with Crippen molar-refractivity contribution in [3.05, 3.63) is 209 Å². The van der Waals surface area contributed by atoms with Gasteiger partial charge in [-0.1, -0.05) is 140 Å². The normalized spacial score (nSPS) is 19.9. The number of benzene rings is 7. The molecular weight excluding hydrogens is 641 g/mol. The first-order valence-electron chi connectivity index (χ1n) is 17.8. The van der Waals surface area contributed by atoms with Gasteiger partial charge >= 0.3 is 0 Å². The van der Waals surface area contributed by atoms with Crippen LogP contribution in [0.2, 0.25) is 0 Å². The van der Waals surface area contributed by atoms with Gasteiger partial charge in [-0.25, -0.2) is 0 Å². The number of para-hydroxylation sites is 1. The van der Waals surface area contributed by atoms with E-state index >= 15 is 0 Å². The second-order valence-electron chi connectivity index (χ2n) is 13.5. The number of allylic oxidation sites excluding steroid dienone is 1. The Bertz CT molecular complexity index is 2330. The van der Waals surface area contributed by atoms with Crippen LogP contribution in [0.1, 0.15) is 45.2 Å². The van der Waals surface area contributed by atoms with E-state index in [1.54, 1.807) is 14.2 Å². The second-order valence-corrected chi connectivity index (χ2v) is 13.5. The van der Waals surface area contributed by atoms with Crippen LogP contribution in [0.5, 0.6) is 23.0 Å². The average molecular weight is 679 g/mol. The SMILES string of the molecule is COc1ccc(C(=CC2c3c(ccc4ccccc34)OC3(c4ccccc4)Oc4ccccc4C(c4ccccc4)C23)c2ccc(OC)cc2)cc1. The van der Waals surface area contributed by atoms with Crippen molar-refractivity contribution in [2.45, 2.75) is 17.6 Å². The lowest BCUT2D eigenvalue weighted by atomic mass is 9.62. The van der Waals surface area contributed by atoms with Crippen molar-refractivity contribution in [1.82, 2.24) is 0 Å². The molecule has 4 atom stereocenters. The van der Waals surface area contributed by atoms with E-state index in [0.29, 0.717) is 0 Å². The van der Waals surface area contributed by atoms with Crippen molar-refractivity contribution in [2.24, 2.45) is 5.92 Å². The van der Waals surface area contributed by atoms with Crippen molar-refractivity contribution < 1.29 is 18.9 Å². The first-order valence-corrected chi connectivity index (χ1v) is 17.8. The molecule has 0 N–H and O–H groups in total. The van der Waals surface area contributed by atoms with Gasteiger partial charge in [-0.15, -0.1) is 0 Å². The predicted molar refractivity (Wildman–Crippen MR) is 207 cm³/mol. The summed E-state index contributed by atoms with van der Waals surface area (Å²) < 4.78 is 25.9. The summed E-state index contributed by atoms with van der Waals surface area (Å²) >= 11 is 0. The molecule has 254 valence electrons. The molecule has 4 unspecified atom stereocenters. The highest BCUT2D eigenvalue weighted by atomic mass is 16.7. The van der Waals surface area contributed by atoms with Crippen LogP contribution in [0.4, 0.5) is 0 Å². The van der Waals surface area contributed by atoms with Crippen LogP contribution in [0.3, 0.4) is 0 Å². The number of hydrogen-bond donors (Lipinski definition) is 0. The Morgan fingerprint density at radius 3 is 1.81 bits per heavy atom. The van der Waals surface area contributed by atoms with Crippen LogP contribution in [-0.4, -0.2) is 14.2 Å². The highest BCUT2D eigenvalue weighted by Crippen LogP contribution is 2.62. The zero-order valence-electron chi connectivity index (χ0n) is 29.1. The van der Waals surface area contributed by atoms with Crippen LogP contribution in [0.25, 0.3) is 16.3 Å². The minimum Gasteiger partial charge on any atom is -0.497 e. The van der Waals surface area contributed by atoms with Crippen LogP contribution in [-0.2, 0) is 5.79 Å². The number of methoxy groups -OCH3 is 2. The molecule has 0 amide bonds. The van der Waals surface area contributed by atoms with E-state index in [4.69, 9.17) is 18.9 Å². The van der Waals surface area contributed by atoms with Crippen molar-refractivity contribution in [1.29, 1.82) is 0 Å². The molecule has 0 radical (unpaired) electrons. The molecule has 9 rings (SSSR count). The summed E-state index contributed by atoms with van der Waals surface area (Å²) in [5.41, 5.74) is 7.75. The van der Waals surface area contributed by atoms with Crippen LogP contribution in [0.15, 0.2) is 176 Å². The van der Waals surface area contributed by atoms with E-state index in [0.717, 1.165) is 61.8 Å². The lowest BCUT2D eigenvalue weighted by molar-refractivity contribution is -0.192. The molecule has 4 nitrogen and oxygen atoms in total. The van der Waals surface area contributed by atoms with E-state index in [2.05, 4.69) is 140 Å². The number of hydrogen-bond acceptors (Lipinski definition) is 4. The van der Waals surface area contributed by atoms with E-state index in [1.807, 2.05) is 36.4 Å². The Balaban J connectivity index is 1.40. The van der Waals surface area contributed by atoms with Gasteiger partial charge in [0.25, 0.3) is 5.79 Å². The molecule has 0 aliphatic carbocycles. The molecule has 2 aliphatic rings. The van der Waals surface area contributed by atoms with Gasteiger partial charge in [-0.2, -0.15) is 0 Å². The zero-order valence-corrected chi connectivity index (χ0v) is 29.1. The molecule has 2 aliphatic heterocycles. The molecule has 0 aromatic heterocycles. The van der Waals surface area contributed by atoms with Gasteiger partial charge in [0, 0.05) is 28.5 Å². The van der Waals surface area contributed by atoms with E-state index in [9.17, 15) is 0 Å². The summed E-state index contributed by atoms with van der Waals surface area (Å²) in [4.78, 5) is 0. The molecular formula is C48H38O4. The van der Waals surface area contributed by atoms with Gasteiger partial charge < -0.3 is 18.9 Å². The lowest BCUT2D eigenvalue weighted by Crippen LogP contribution is -2.55. The standard InChI is InChI=1S/C48H38O4/c1-49-37-26-21-33(22-27-37)41(34-23-28-38(50-2)29-24-34)31-42-46-39-18-10-9-13-32(39)25-30-44(46)52-48(36-16-7-4-8-17-36)47(42)45(35-14-5-3-6-15-35)40-19-11-12-20-43(40)51-48/h3-31,42,45,47H,1-2H3. The van der Waals surface area contributed by atoms with E-state index in [1.165, 1.54) is 10.9 Å². The van der Waals surface area contributed by atoms with Crippen molar-refractivity contribution in [3.63, 3.8) is 0 Å². The van der Waals surface area contributed by atoms with E-state index < -0.39 is 5.79 Å². The molecule has 0 fully saturated rings. The number of rotatable bonds is 7. The fourth-order valence-electron chi connectivity index (χ4n) is 8.35. The maximum atomic E-state index is 7.43. The first-order chi connectivity index (χ1) is 25.7. The maximum absolute atomic E-state index is 7.43. The van der Waals surface area contributed by atoms with Crippen LogP contribution >= 0.6 is 0 Å². The third-order valence-corrected chi connectivity index (χ3v) is 10.7. The monoisotopic (exact) mass is 678 g/mol. The molecule has 0 bridgehead atoms. The third-order valence-electron chi connectivity index (χ3n) is 10.7. The molecule has 7 aromatic carbocycles. The summed E-state index contributed by atoms with van der Waals surface area (Å²) in [5, 5.41) is 2.33. The summed E-state index contributed by atoms with van der Waals surface area (Å²) in [5.74, 6) is 1.63. The number of ether oxygens (including phenoxy) is 4. The quantitative estimate of drug-likeness (QED) is 0.168. The van der Waals surface area contributed by atoms with Crippen LogP contribution in [0, 0.1) is 5.92 Å². The molecule has 0 saturated heterocycles. The Kier molecular flexibility index (Phi) is 8.01. The van der Waals surface area contributed by atoms with Gasteiger partial charge in [-0.3, -0.25) is 0 Å². The fourth-order valence-corrected chi connectivity index (χ4v) is 8.35. The minimum atomic E-state index is -1.16. The Morgan fingerprint density at radius 1 is 0.558 bits per heavy atom. The smallest absolute Gasteiger partial charge is 0.282 e. The highest BCUT2D eigenvalue weighted by molar-refractivity contribution is 5.90. The Morgan fingerprint density at radius 2 is 1.13 bits per heavy atom. The molecule has 0 saturated carbocycles. The fraction of sp³-hybridized carbons (Fsp3) is 0.125. The van der Waals surface area contributed by atoms with Crippen molar-refractivity contribution in [2.75, 3.05) is 14.2 Å². The third kappa shape index (κ3) is 5.30. The number of fused-ring (bicyclic) bond motifs is 5. The molecule has 2 heterocycles. The van der Waals surface area contributed by atoms with Gasteiger partial charge in [0.05, 0.1) is 20.1 Å². The average Bonchev–Trinajstić information content (AvgIpc) is 3.22. The summed E-state index contributed by atoms with van der Waals surface area (Å²) in [7, 11) is 3.40. The maximum Gasteiger partial charge on any atom is 0.282 e. The second kappa shape index (κ2) is 13.1. The van der Waals surface area contributed by atoms with Crippen LogP contribution < -0.4 is 18.9 Å². The highest BCUT2D eigenvalue weighted by Gasteiger charge is 2.59. The van der Waals surface area contributed by atoms with Crippen molar-refractivity contribution in [3.8, 4) is 23.0 Å². The Labute approximate surface area is 304 Å². The molecule has 4 heteroatoms. The topological polar surface area (TPSA) is 36.9 Å². The molecule has 52 heavy (non-hydrogen) atoms. The summed E-state index contributed by atoms with van der Waals surface area (Å²) in [6.07, 6.45) is 2.47. The summed E-state index contributed by atoms with van der Waals surface area (Å²) in [6, 6.07) is 59.4. The van der Waals surface area contributed by atoms with Gasteiger partial charge in [0.2, 0.25) is 0 Å². The van der Waals surface area contributed by atoms with Gasteiger partial charge in [0.1, 0.15) is 23.0 Å². The summed E-state index contributed by atoms with van der Waals surface area (Å²) in [6.45, 7) is 0. The van der Waals surface area contributed by atoms with Crippen molar-refractivity contribution >= 4 is 16.3 Å². The van der Waals surface area contributed by atoms with Gasteiger partial charge in [0.15, 0.2) is 0 Å². The molecule has 0 spiro atoms. The Hall–Kier alpha value is -6.26.